The number of aryl methyl sites for hydroxylation is 2. The van der Waals surface area contributed by atoms with E-state index >= 15 is 0 Å². The second kappa shape index (κ2) is 8.29. The fourth-order valence-electron chi connectivity index (χ4n) is 1.88. The van der Waals surface area contributed by atoms with Crippen molar-refractivity contribution in [2.45, 2.75) is 46.1 Å². The summed E-state index contributed by atoms with van der Waals surface area (Å²) in [6, 6.07) is 5.80. The van der Waals surface area contributed by atoms with Gasteiger partial charge in [0.05, 0.1) is 13.0 Å². The van der Waals surface area contributed by atoms with Crippen molar-refractivity contribution in [2.24, 2.45) is 0 Å². The summed E-state index contributed by atoms with van der Waals surface area (Å²) in [7, 11) is 0. The predicted octanol–water partition coefficient (Wildman–Crippen LogP) is 2.44. The quantitative estimate of drug-likeness (QED) is 0.772. The molecule has 0 saturated carbocycles. The Morgan fingerprint density at radius 1 is 1.29 bits per heavy atom. The highest BCUT2D eigenvalue weighted by molar-refractivity contribution is 5.76. The molecular weight excluding hydrogens is 270 g/mol. The molecule has 0 fully saturated rings. The smallest absolute Gasteiger partial charge is 0.303 e. The molecule has 1 rings (SSSR count). The van der Waals surface area contributed by atoms with Gasteiger partial charge in [-0.25, -0.2) is 0 Å². The molecule has 0 aliphatic rings. The van der Waals surface area contributed by atoms with Gasteiger partial charge in [0.1, 0.15) is 5.75 Å². The van der Waals surface area contributed by atoms with Crippen LogP contribution in [0.25, 0.3) is 0 Å². The SMILES string of the molecule is Cc1ccc(C)c(OCCC(=O)NC(C)CCC(=O)O)c1. The number of nitrogens with one attached hydrogen (secondary N) is 1. The molecule has 1 aromatic rings. The van der Waals surface area contributed by atoms with Crippen molar-refractivity contribution < 1.29 is 19.4 Å². The van der Waals surface area contributed by atoms with Crippen LogP contribution in [0.1, 0.15) is 37.3 Å². The molecule has 0 saturated heterocycles. The molecule has 2 N–H and O–H groups in total. The van der Waals surface area contributed by atoms with E-state index in [0.29, 0.717) is 13.0 Å². The van der Waals surface area contributed by atoms with Crippen molar-refractivity contribution >= 4 is 11.9 Å². The summed E-state index contributed by atoms with van der Waals surface area (Å²) in [6.07, 6.45) is 0.740. The van der Waals surface area contributed by atoms with Crippen LogP contribution in [-0.4, -0.2) is 29.6 Å². The molecule has 1 unspecified atom stereocenters. The van der Waals surface area contributed by atoms with E-state index in [2.05, 4.69) is 5.32 Å². The summed E-state index contributed by atoms with van der Waals surface area (Å²) in [6.45, 7) is 6.06. The molecule has 116 valence electrons. The Morgan fingerprint density at radius 2 is 2.00 bits per heavy atom. The van der Waals surface area contributed by atoms with Crippen LogP contribution in [-0.2, 0) is 9.59 Å². The summed E-state index contributed by atoms with van der Waals surface area (Å²) in [5.41, 5.74) is 2.15. The molecular formula is C16H23NO4. The standard InChI is InChI=1S/C16H23NO4/c1-11-4-5-12(2)14(10-11)21-9-8-15(18)17-13(3)6-7-16(19)20/h4-5,10,13H,6-9H2,1-3H3,(H,17,18)(H,19,20). The average molecular weight is 293 g/mol. The first-order valence-electron chi connectivity index (χ1n) is 7.09. The minimum absolute atomic E-state index is 0.0560. The van der Waals surface area contributed by atoms with E-state index in [0.717, 1.165) is 16.9 Å². The topological polar surface area (TPSA) is 75.6 Å². The Hall–Kier alpha value is -2.04. The normalized spacial score (nSPS) is 11.8. The van der Waals surface area contributed by atoms with E-state index in [9.17, 15) is 9.59 Å². The van der Waals surface area contributed by atoms with Crippen molar-refractivity contribution in [3.8, 4) is 5.75 Å². The zero-order valence-electron chi connectivity index (χ0n) is 12.8. The Morgan fingerprint density at radius 3 is 2.67 bits per heavy atom. The van der Waals surface area contributed by atoms with Gasteiger partial charge in [-0.15, -0.1) is 0 Å². The van der Waals surface area contributed by atoms with E-state index in [-0.39, 0.29) is 24.8 Å². The van der Waals surface area contributed by atoms with E-state index in [4.69, 9.17) is 9.84 Å². The number of carbonyl (C=O) groups excluding carboxylic acids is 1. The predicted molar refractivity (Wildman–Crippen MR) is 80.5 cm³/mol. The van der Waals surface area contributed by atoms with Crippen LogP contribution in [0.15, 0.2) is 18.2 Å². The highest BCUT2D eigenvalue weighted by Crippen LogP contribution is 2.19. The van der Waals surface area contributed by atoms with Gasteiger partial charge < -0.3 is 15.2 Å². The van der Waals surface area contributed by atoms with Crippen molar-refractivity contribution in [1.29, 1.82) is 0 Å². The number of carboxylic acid groups (broad SMARTS) is 1. The van der Waals surface area contributed by atoms with Crippen LogP contribution < -0.4 is 10.1 Å². The zero-order chi connectivity index (χ0) is 15.8. The lowest BCUT2D eigenvalue weighted by Gasteiger charge is -2.13. The van der Waals surface area contributed by atoms with Crippen molar-refractivity contribution in [3.63, 3.8) is 0 Å². The molecule has 0 bridgehead atoms. The molecule has 0 spiro atoms. The fraction of sp³-hybridized carbons (Fsp3) is 0.500. The number of rotatable bonds is 8. The molecule has 0 radical (unpaired) electrons. The van der Waals surface area contributed by atoms with E-state index in [1.54, 1.807) is 6.92 Å². The first kappa shape index (κ1) is 17.0. The molecule has 0 heterocycles. The summed E-state index contributed by atoms with van der Waals surface area (Å²) in [5.74, 6) is -0.186. The maximum absolute atomic E-state index is 11.7. The maximum Gasteiger partial charge on any atom is 0.303 e. The lowest BCUT2D eigenvalue weighted by molar-refractivity contribution is -0.137. The highest BCUT2D eigenvalue weighted by Gasteiger charge is 2.09. The zero-order valence-corrected chi connectivity index (χ0v) is 12.8. The second-order valence-corrected chi connectivity index (χ2v) is 5.27. The van der Waals surface area contributed by atoms with Crippen molar-refractivity contribution in [1.82, 2.24) is 5.32 Å². The van der Waals surface area contributed by atoms with Gasteiger partial charge in [-0.3, -0.25) is 9.59 Å². The molecule has 0 aliphatic heterocycles. The van der Waals surface area contributed by atoms with Gasteiger partial charge in [-0.05, 0) is 44.4 Å². The monoisotopic (exact) mass is 293 g/mol. The first-order chi connectivity index (χ1) is 9.88. The van der Waals surface area contributed by atoms with Crippen LogP contribution in [0.3, 0.4) is 0 Å². The van der Waals surface area contributed by atoms with Crippen LogP contribution in [0, 0.1) is 13.8 Å². The molecule has 5 nitrogen and oxygen atoms in total. The number of aliphatic carboxylic acids is 1. The largest absolute Gasteiger partial charge is 0.493 e. The summed E-state index contributed by atoms with van der Waals surface area (Å²) >= 11 is 0. The Balaban J connectivity index is 2.30. The number of benzene rings is 1. The molecule has 1 amide bonds. The van der Waals surface area contributed by atoms with Gasteiger partial charge in [0.25, 0.3) is 0 Å². The third-order valence-electron chi connectivity index (χ3n) is 3.13. The van der Waals surface area contributed by atoms with Gasteiger partial charge in [-0.1, -0.05) is 12.1 Å². The summed E-state index contributed by atoms with van der Waals surface area (Å²) in [5, 5.41) is 11.3. The van der Waals surface area contributed by atoms with E-state index in [1.807, 2.05) is 32.0 Å². The second-order valence-electron chi connectivity index (χ2n) is 5.27. The van der Waals surface area contributed by atoms with E-state index < -0.39 is 5.97 Å². The number of hydrogen-bond acceptors (Lipinski definition) is 3. The number of ether oxygens (including phenoxy) is 1. The van der Waals surface area contributed by atoms with Crippen molar-refractivity contribution in [3.05, 3.63) is 29.3 Å². The molecule has 0 aromatic heterocycles. The summed E-state index contributed by atoms with van der Waals surface area (Å²) in [4.78, 5) is 22.1. The first-order valence-corrected chi connectivity index (χ1v) is 7.09. The van der Waals surface area contributed by atoms with Crippen LogP contribution in [0.4, 0.5) is 0 Å². The minimum atomic E-state index is -0.852. The van der Waals surface area contributed by atoms with Gasteiger partial charge >= 0.3 is 5.97 Å². The molecule has 5 heteroatoms. The Bertz CT molecular complexity index is 499. The number of carbonyl (C=O) groups is 2. The third kappa shape index (κ3) is 6.79. The fourth-order valence-corrected chi connectivity index (χ4v) is 1.88. The van der Waals surface area contributed by atoms with Gasteiger partial charge in [0, 0.05) is 12.5 Å². The lowest BCUT2D eigenvalue weighted by atomic mass is 10.1. The Labute approximate surface area is 125 Å². The lowest BCUT2D eigenvalue weighted by Crippen LogP contribution is -2.33. The van der Waals surface area contributed by atoms with Crippen LogP contribution >= 0.6 is 0 Å². The minimum Gasteiger partial charge on any atom is -0.493 e. The summed E-state index contributed by atoms with van der Waals surface area (Å²) < 4.78 is 5.61. The molecule has 1 atom stereocenters. The number of amides is 1. The van der Waals surface area contributed by atoms with Crippen LogP contribution in [0.2, 0.25) is 0 Å². The van der Waals surface area contributed by atoms with Crippen molar-refractivity contribution in [2.75, 3.05) is 6.61 Å². The van der Waals surface area contributed by atoms with Gasteiger partial charge in [-0.2, -0.15) is 0 Å². The van der Waals surface area contributed by atoms with E-state index in [1.165, 1.54) is 0 Å². The maximum atomic E-state index is 11.7. The number of hydrogen-bond donors (Lipinski definition) is 2. The average Bonchev–Trinajstić information content (AvgIpc) is 2.40. The van der Waals surface area contributed by atoms with Gasteiger partial charge in [0.2, 0.25) is 5.91 Å². The number of carboxylic acids is 1. The molecule has 21 heavy (non-hydrogen) atoms. The Kier molecular flexibility index (Phi) is 6.72. The van der Waals surface area contributed by atoms with Gasteiger partial charge in [0.15, 0.2) is 0 Å². The molecule has 1 aromatic carbocycles. The molecule has 0 aliphatic carbocycles. The third-order valence-corrected chi connectivity index (χ3v) is 3.13. The highest BCUT2D eigenvalue weighted by atomic mass is 16.5. The van der Waals surface area contributed by atoms with Crippen LogP contribution in [0.5, 0.6) is 5.75 Å².